The average molecular weight is 462 g/mol. The highest BCUT2D eigenvalue weighted by molar-refractivity contribution is 5.90. The number of ether oxygens (including phenoxy) is 4. The number of amides is 2. The van der Waals surface area contributed by atoms with Crippen LogP contribution in [0.3, 0.4) is 0 Å². The maximum Gasteiger partial charge on any atom is 0.252 e. The third-order valence-corrected chi connectivity index (χ3v) is 3.47. The normalized spacial score (nSPS) is 12.2. The molecule has 0 bridgehead atoms. The first kappa shape index (κ1) is 29.3. The first-order chi connectivity index (χ1) is 15.5. The molecule has 4 N–H and O–H groups in total. The van der Waals surface area contributed by atoms with Gasteiger partial charge in [0.2, 0.25) is 0 Å². The molecule has 16 heteroatoms. The first-order valence-corrected chi connectivity index (χ1v) is 9.78. The summed E-state index contributed by atoms with van der Waals surface area (Å²) < 4.78 is 20.6. The van der Waals surface area contributed by atoms with Gasteiger partial charge in [-0.1, -0.05) is 10.2 Å². The highest BCUT2D eigenvalue weighted by atomic mass is 16.5. The number of nitrogens with zero attached hydrogens (tertiary/aromatic N) is 6. The molecule has 16 nitrogen and oxygen atoms in total. The number of carbonyl (C=O) groups is 2. The number of hydrogen-bond donors (Lipinski definition) is 4. The molecule has 0 aromatic heterocycles. The molecule has 0 aliphatic heterocycles. The Labute approximate surface area is 184 Å². The van der Waals surface area contributed by atoms with Crippen molar-refractivity contribution in [2.75, 3.05) is 79.0 Å². The topological polar surface area (TPSA) is 233 Å². The van der Waals surface area contributed by atoms with Gasteiger partial charge in [0.25, 0.3) is 11.8 Å². The second-order valence-electron chi connectivity index (χ2n) is 5.83. The van der Waals surface area contributed by atoms with Crippen LogP contribution >= 0.6 is 0 Å². The SMILES string of the molecule is [N-]=[N+]=NCCOCCOCCNC(=O)[C@H](O)[C@@H](O)C(=O)NCCOCCOCCN=[N+]=[N-]. The van der Waals surface area contributed by atoms with Crippen molar-refractivity contribution >= 4 is 11.8 Å². The van der Waals surface area contributed by atoms with E-state index in [1.807, 2.05) is 0 Å². The molecule has 0 heterocycles. The maximum atomic E-state index is 11.8. The Balaban J connectivity index is 3.71. The Morgan fingerprint density at radius 3 is 1.38 bits per heavy atom. The van der Waals surface area contributed by atoms with Crippen molar-refractivity contribution in [1.29, 1.82) is 0 Å². The van der Waals surface area contributed by atoms with Crippen molar-refractivity contribution in [2.45, 2.75) is 12.2 Å². The highest BCUT2D eigenvalue weighted by Gasteiger charge is 2.29. The molecular weight excluding hydrogens is 432 g/mol. The van der Waals surface area contributed by atoms with E-state index in [2.05, 4.69) is 30.7 Å². The monoisotopic (exact) mass is 462 g/mol. The van der Waals surface area contributed by atoms with Crippen molar-refractivity contribution in [3.63, 3.8) is 0 Å². The summed E-state index contributed by atoms with van der Waals surface area (Å²) in [4.78, 5) is 28.7. The Hall–Kier alpha value is -2.68. The molecule has 32 heavy (non-hydrogen) atoms. The zero-order valence-electron chi connectivity index (χ0n) is 17.7. The molecule has 0 aliphatic carbocycles. The molecule has 2 atom stereocenters. The van der Waals surface area contributed by atoms with E-state index in [9.17, 15) is 19.8 Å². The number of carbonyl (C=O) groups excluding carboxylic acids is 2. The third-order valence-electron chi connectivity index (χ3n) is 3.47. The van der Waals surface area contributed by atoms with Crippen LogP contribution in [0.5, 0.6) is 0 Å². The minimum Gasteiger partial charge on any atom is -0.380 e. The summed E-state index contributed by atoms with van der Waals surface area (Å²) in [6.45, 7) is 2.45. The number of aliphatic hydroxyl groups is 2. The van der Waals surface area contributed by atoms with Crippen molar-refractivity contribution in [3.8, 4) is 0 Å². The van der Waals surface area contributed by atoms with Crippen LogP contribution in [0.1, 0.15) is 0 Å². The van der Waals surface area contributed by atoms with Crippen molar-refractivity contribution in [1.82, 2.24) is 10.6 Å². The minimum absolute atomic E-state index is 0.0573. The lowest BCUT2D eigenvalue weighted by atomic mass is 10.2. The lowest BCUT2D eigenvalue weighted by Crippen LogP contribution is -2.50. The Kier molecular flexibility index (Phi) is 19.7. The zero-order valence-corrected chi connectivity index (χ0v) is 17.7. The van der Waals surface area contributed by atoms with Crippen LogP contribution in [-0.4, -0.2) is 113 Å². The summed E-state index contributed by atoms with van der Waals surface area (Å²) in [6.07, 6.45) is -3.88. The summed E-state index contributed by atoms with van der Waals surface area (Å²) in [5.41, 5.74) is 16.2. The van der Waals surface area contributed by atoms with Crippen LogP contribution in [0.15, 0.2) is 10.2 Å². The quantitative estimate of drug-likeness (QED) is 0.0685. The van der Waals surface area contributed by atoms with Gasteiger partial charge in [0.1, 0.15) is 0 Å². The average Bonchev–Trinajstić information content (AvgIpc) is 2.80. The molecule has 0 saturated heterocycles. The second kappa shape index (κ2) is 21.5. The van der Waals surface area contributed by atoms with Gasteiger partial charge in [-0.2, -0.15) is 0 Å². The lowest BCUT2D eigenvalue weighted by Gasteiger charge is -2.17. The molecule has 0 fully saturated rings. The van der Waals surface area contributed by atoms with Gasteiger partial charge >= 0.3 is 0 Å². The van der Waals surface area contributed by atoms with E-state index in [0.717, 1.165) is 0 Å². The van der Waals surface area contributed by atoms with Crippen molar-refractivity contribution in [2.24, 2.45) is 10.2 Å². The highest BCUT2D eigenvalue weighted by Crippen LogP contribution is 1.94. The molecule has 0 saturated carbocycles. The third kappa shape index (κ3) is 17.0. The first-order valence-electron chi connectivity index (χ1n) is 9.78. The fourth-order valence-electron chi connectivity index (χ4n) is 1.93. The van der Waals surface area contributed by atoms with E-state index < -0.39 is 24.0 Å². The van der Waals surface area contributed by atoms with E-state index >= 15 is 0 Å². The summed E-state index contributed by atoms with van der Waals surface area (Å²) >= 11 is 0. The molecule has 0 spiro atoms. The van der Waals surface area contributed by atoms with Gasteiger partial charge in [0.15, 0.2) is 12.2 Å². The fraction of sp³-hybridized carbons (Fsp3) is 0.875. The number of rotatable bonds is 21. The Morgan fingerprint density at radius 1 is 0.688 bits per heavy atom. The molecular formula is C16H30N8O8. The van der Waals surface area contributed by atoms with Crippen LogP contribution in [0.4, 0.5) is 0 Å². The minimum atomic E-state index is -1.94. The van der Waals surface area contributed by atoms with E-state index in [1.165, 1.54) is 0 Å². The van der Waals surface area contributed by atoms with Crippen molar-refractivity contribution in [3.05, 3.63) is 20.9 Å². The fourth-order valence-corrected chi connectivity index (χ4v) is 1.93. The van der Waals surface area contributed by atoms with Crippen LogP contribution < -0.4 is 10.6 Å². The van der Waals surface area contributed by atoms with Gasteiger partial charge in [-0.05, 0) is 11.1 Å². The van der Waals surface area contributed by atoms with E-state index in [0.29, 0.717) is 0 Å². The molecule has 0 aromatic carbocycles. The number of azide groups is 2. The number of nitrogens with one attached hydrogen (secondary N) is 2. The van der Waals surface area contributed by atoms with Gasteiger partial charge in [-0.15, -0.1) is 0 Å². The molecule has 0 aliphatic rings. The molecule has 0 unspecified atom stereocenters. The smallest absolute Gasteiger partial charge is 0.252 e. The van der Waals surface area contributed by atoms with Crippen molar-refractivity contribution < 1.29 is 38.7 Å². The van der Waals surface area contributed by atoms with E-state index in [4.69, 9.17) is 30.0 Å². The largest absolute Gasteiger partial charge is 0.380 e. The predicted molar refractivity (Wildman–Crippen MR) is 109 cm³/mol. The molecule has 0 radical (unpaired) electrons. The van der Waals surface area contributed by atoms with Gasteiger partial charge in [0.05, 0.1) is 52.9 Å². The van der Waals surface area contributed by atoms with E-state index in [1.54, 1.807) is 0 Å². The second-order valence-corrected chi connectivity index (χ2v) is 5.83. The number of aliphatic hydroxyl groups excluding tert-OH is 2. The standard InChI is InChI=1S/C16H30N8O8/c17-23-21-3-7-31-11-9-29-5-1-19-15(27)13(25)14(26)16(28)20-2-6-30-10-12-32-8-4-22-24-18/h13-14,25-26H,1-12H2,(H,19,27)(H,20,28)/t13-,14-/m1/s1. The molecule has 0 aromatic rings. The predicted octanol–water partition coefficient (Wildman–Crippen LogP) is -1.37. The summed E-state index contributed by atoms with van der Waals surface area (Å²) in [5, 5.41) is 30.8. The molecule has 182 valence electrons. The lowest BCUT2D eigenvalue weighted by molar-refractivity contribution is -0.146. The van der Waals surface area contributed by atoms with Crippen LogP contribution in [0, 0.1) is 0 Å². The Morgan fingerprint density at radius 2 is 1.03 bits per heavy atom. The van der Waals surface area contributed by atoms with Gasteiger partial charge in [0, 0.05) is 36.0 Å². The van der Waals surface area contributed by atoms with E-state index in [-0.39, 0.29) is 79.0 Å². The number of hydrogen-bond acceptors (Lipinski definition) is 10. The van der Waals surface area contributed by atoms with Crippen LogP contribution in [-0.2, 0) is 28.5 Å². The van der Waals surface area contributed by atoms with Gasteiger partial charge < -0.3 is 39.8 Å². The summed E-state index contributed by atoms with van der Waals surface area (Å²) in [7, 11) is 0. The zero-order chi connectivity index (χ0) is 23.9. The van der Waals surface area contributed by atoms with Crippen LogP contribution in [0.2, 0.25) is 0 Å². The Bertz CT molecular complexity index is 561. The van der Waals surface area contributed by atoms with Gasteiger partial charge in [-0.3, -0.25) is 9.59 Å². The summed E-state index contributed by atoms with van der Waals surface area (Å²) in [5.74, 6) is -1.84. The maximum absolute atomic E-state index is 11.8. The van der Waals surface area contributed by atoms with Gasteiger partial charge in [-0.25, -0.2) is 0 Å². The summed E-state index contributed by atoms with van der Waals surface area (Å²) in [6, 6.07) is 0. The molecule has 0 rings (SSSR count). The van der Waals surface area contributed by atoms with Crippen LogP contribution in [0.25, 0.3) is 20.9 Å². The molecule has 2 amide bonds.